The highest BCUT2D eigenvalue weighted by Gasteiger charge is 2.23. The first-order valence-electron chi connectivity index (χ1n) is 11.2. The van der Waals surface area contributed by atoms with Gasteiger partial charge in [-0.3, -0.25) is 4.79 Å². The average Bonchev–Trinajstić information content (AvgIpc) is 3.27. The predicted octanol–water partition coefficient (Wildman–Crippen LogP) is 5.89. The largest absolute Gasteiger partial charge is 0.493 e. The van der Waals surface area contributed by atoms with Gasteiger partial charge in [0.15, 0.2) is 11.5 Å². The summed E-state index contributed by atoms with van der Waals surface area (Å²) in [5, 5.41) is 0.531. The molecule has 1 saturated heterocycles. The lowest BCUT2D eigenvalue weighted by atomic mass is 10.1. The molecular formula is C27H28ClNO6. The summed E-state index contributed by atoms with van der Waals surface area (Å²) in [6.07, 6.45) is -0.244. The van der Waals surface area contributed by atoms with Crippen molar-refractivity contribution in [2.75, 3.05) is 26.9 Å². The van der Waals surface area contributed by atoms with Crippen LogP contribution >= 0.6 is 11.6 Å². The Morgan fingerprint density at radius 3 is 2.29 bits per heavy atom. The van der Waals surface area contributed by atoms with Crippen molar-refractivity contribution < 1.29 is 28.5 Å². The van der Waals surface area contributed by atoms with Gasteiger partial charge >= 0.3 is 12.1 Å². The fourth-order valence-electron chi connectivity index (χ4n) is 3.34. The zero-order chi connectivity index (χ0) is 25.0. The molecule has 0 radical (unpaired) electrons. The Hall–Kier alpha value is -3.71. The zero-order valence-electron chi connectivity index (χ0n) is 19.7. The van der Waals surface area contributed by atoms with Gasteiger partial charge in [0, 0.05) is 10.6 Å². The van der Waals surface area contributed by atoms with Crippen molar-refractivity contribution in [2.45, 2.75) is 19.9 Å². The number of amides is 1. The second-order valence-electron chi connectivity index (χ2n) is 7.51. The first kappa shape index (κ1) is 25.9. The summed E-state index contributed by atoms with van der Waals surface area (Å²) in [7, 11) is 1.54. The highest BCUT2D eigenvalue weighted by molar-refractivity contribution is 6.30. The first-order chi connectivity index (χ1) is 17.0. The van der Waals surface area contributed by atoms with Crippen LogP contribution in [0.3, 0.4) is 0 Å². The van der Waals surface area contributed by atoms with Crippen LogP contribution in [0.1, 0.15) is 18.1 Å². The van der Waals surface area contributed by atoms with Crippen LogP contribution in [0.4, 0.5) is 4.79 Å². The minimum absolute atomic E-state index is 0.126. The fraction of sp³-hybridized carbons (Fsp3) is 0.259. The molecule has 7 nitrogen and oxygen atoms in total. The summed E-state index contributed by atoms with van der Waals surface area (Å²) >= 11 is 6.15. The molecule has 0 bridgehead atoms. The van der Waals surface area contributed by atoms with E-state index in [-0.39, 0.29) is 18.5 Å². The quantitative estimate of drug-likeness (QED) is 0.361. The smallest absolute Gasteiger partial charge is 0.410 e. The summed E-state index contributed by atoms with van der Waals surface area (Å²) in [4.78, 5) is 25.2. The van der Waals surface area contributed by atoms with Gasteiger partial charge in [-0.25, -0.2) is 4.79 Å². The maximum Gasteiger partial charge on any atom is 0.410 e. The van der Waals surface area contributed by atoms with Crippen LogP contribution in [-0.2, 0) is 27.2 Å². The van der Waals surface area contributed by atoms with Crippen LogP contribution in [0.2, 0.25) is 5.02 Å². The third-order valence-electron chi connectivity index (χ3n) is 5.00. The molecule has 0 spiro atoms. The molecule has 1 aliphatic rings. The van der Waals surface area contributed by atoms with Crippen LogP contribution < -0.4 is 9.47 Å². The minimum Gasteiger partial charge on any atom is -0.493 e. The molecule has 0 saturated carbocycles. The fourth-order valence-corrected chi connectivity index (χ4v) is 3.53. The molecule has 35 heavy (non-hydrogen) atoms. The summed E-state index contributed by atoms with van der Waals surface area (Å²) in [6, 6.07) is 22.4. The topological polar surface area (TPSA) is 74.3 Å². The minimum atomic E-state index is -0.370. The molecule has 3 aromatic carbocycles. The average molecular weight is 498 g/mol. The van der Waals surface area contributed by atoms with E-state index >= 15 is 0 Å². The van der Waals surface area contributed by atoms with Gasteiger partial charge in [0.2, 0.25) is 0 Å². The Kier molecular flexibility index (Phi) is 9.80. The molecule has 0 N–H and O–H groups in total. The number of cyclic esters (lactones) is 1. The summed E-state index contributed by atoms with van der Waals surface area (Å²) < 4.78 is 21.5. The predicted molar refractivity (Wildman–Crippen MR) is 133 cm³/mol. The molecule has 1 amide bonds. The van der Waals surface area contributed by atoms with Crippen molar-refractivity contribution in [3.05, 3.63) is 88.9 Å². The summed E-state index contributed by atoms with van der Waals surface area (Å²) in [5.41, 5.74) is 1.46. The highest BCUT2D eigenvalue weighted by Crippen LogP contribution is 2.35. The number of rotatable bonds is 8. The van der Waals surface area contributed by atoms with Gasteiger partial charge < -0.3 is 23.8 Å². The van der Waals surface area contributed by atoms with Gasteiger partial charge in [-0.05, 0) is 42.8 Å². The van der Waals surface area contributed by atoms with E-state index in [1.807, 2.05) is 36.4 Å². The number of esters is 1. The highest BCUT2D eigenvalue weighted by atomic mass is 35.5. The van der Waals surface area contributed by atoms with Gasteiger partial charge in [-0.15, -0.1) is 0 Å². The molecule has 0 unspecified atom stereocenters. The van der Waals surface area contributed by atoms with Crippen LogP contribution in [0.25, 0.3) is 0 Å². The molecule has 4 rings (SSSR count). The van der Waals surface area contributed by atoms with Gasteiger partial charge in [0.1, 0.15) is 12.4 Å². The Morgan fingerprint density at radius 1 is 1.00 bits per heavy atom. The number of nitrogens with zero attached hydrogens (tertiary/aromatic N) is 1. The van der Waals surface area contributed by atoms with Crippen molar-refractivity contribution in [3.8, 4) is 17.2 Å². The van der Waals surface area contributed by atoms with E-state index in [4.69, 9.17) is 30.5 Å². The molecule has 3 aromatic rings. The number of hydrogen-bond donors (Lipinski definition) is 0. The summed E-state index contributed by atoms with van der Waals surface area (Å²) in [5.74, 6) is 1.17. The number of ether oxygens (including phenoxy) is 4. The number of benzene rings is 3. The van der Waals surface area contributed by atoms with E-state index in [0.717, 1.165) is 11.1 Å². The molecule has 0 aliphatic carbocycles. The maximum absolute atomic E-state index is 11.8. The normalized spacial score (nSPS) is 12.3. The first-order valence-corrected chi connectivity index (χ1v) is 11.6. The van der Waals surface area contributed by atoms with Crippen molar-refractivity contribution in [1.29, 1.82) is 0 Å². The number of carbonyl (C=O) groups excluding carboxylic acids is 2. The molecule has 184 valence electrons. The van der Waals surface area contributed by atoms with Gasteiger partial charge in [-0.1, -0.05) is 54.1 Å². The van der Waals surface area contributed by atoms with E-state index in [0.29, 0.717) is 48.6 Å². The van der Waals surface area contributed by atoms with Crippen LogP contribution in [0.15, 0.2) is 72.8 Å². The third-order valence-corrected chi connectivity index (χ3v) is 5.23. The SMILES string of the molecule is CCOC(=O)Cc1ccc(OC)c(Oc2ccc(Cl)cc2CN2CCOC2=O)c1.c1ccccc1. The van der Waals surface area contributed by atoms with Crippen molar-refractivity contribution in [2.24, 2.45) is 0 Å². The standard InChI is InChI=1S/C21H22ClNO6.C6H6/c1-3-27-20(24)11-14-4-6-18(26-2)19(10-14)29-17-7-5-16(22)12-15(17)13-23-8-9-28-21(23)25;1-2-4-6-5-3-1/h4-7,10,12H,3,8-9,11,13H2,1-2H3;1-6H. The monoisotopic (exact) mass is 497 g/mol. The Balaban J connectivity index is 0.000000497. The Bertz CT molecular complexity index is 1100. The molecule has 1 heterocycles. The number of hydrogen-bond acceptors (Lipinski definition) is 6. The van der Waals surface area contributed by atoms with E-state index < -0.39 is 0 Å². The zero-order valence-corrected chi connectivity index (χ0v) is 20.5. The van der Waals surface area contributed by atoms with Crippen molar-refractivity contribution in [3.63, 3.8) is 0 Å². The maximum atomic E-state index is 11.8. The van der Waals surface area contributed by atoms with E-state index in [1.165, 1.54) is 7.11 Å². The number of carbonyl (C=O) groups is 2. The van der Waals surface area contributed by atoms with Crippen LogP contribution in [-0.4, -0.2) is 43.8 Å². The van der Waals surface area contributed by atoms with Crippen LogP contribution in [0.5, 0.6) is 17.2 Å². The van der Waals surface area contributed by atoms with Crippen molar-refractivity contribution in [1.82, 2.24) is 4.90 Å². The number of halogens is 1. The van der Waals surface area contributed by atoms with Crippen molar-refractivity contribution >= 4 is 23.7 Å². The lowest BCUT2D eigenvalue weighted by Gasteiger charge is -2.18. The second-order valence-corrected chi connectivity index (χ2v) is 7.95. The van der Waals surface area contributed by atoms with E-state index in [9.17, 15) is 9.59 Å². The lowest BCUT2D eigenvalue weighted by Crippen LogP contribution is -2.23. The van der Waals surface area contributed by atoms with E-state index in [1.54, 1.807) is 48.2 Å². The van der Waals surface area contributed by atoms with Gasteiger partial charge in [0.05, 0.1) is 33.2 Å². The Labute approximate surface area is 210 Å². The molecule has 1 fully saturated rings. The van der Waals surface area contributed by atoms with Gasteiger partial charge in [-0.2, -0.15) is 0 Å². The molecule has 1 aliphatic heterocycles. The number of methoxy groups -OCH3 is 1. The second kappa shape index (κ2) is 13.2. The molecule has 0 aromatic heterocycles. The van der Waals surface area contributed by atoms with Gasteiger partial charge in [0.25, 0.3) is 0 Å². The molecule has 0 atom stereocenters. The van der Waals surface area contributed by atoms with E-state index in [2.05, 4.69) is 0 Å². The lowest BCUT2D eigenvalue weighted by molar-refractivity contribution is -0.142. The van der Waals surface area contributed by atoms with Crippen LogP contribution in [0, 0.1) is 0 Å². The third kappa shape index (κ3) is 7.93. The molecule has 8 heteroatoms. The summed E-state index contributed by atoms with van der Waals surface area (Å²) in [6.45, 7) is 3.26. The Morgan fingerprint density at radius 2 is 1.69 bits per heavy atom. The molecular weight excluding hydrogens is 470 g/mol.